The van der Waals surface area contributed by atoms with E-state index in [0.29, 0.717) is 29.6 Å². The normalized spacial score (nSPS) is 34.6. The summed E-state index contributed by atoms with van der Waals surface area (Å²) in [5, 5.41) is 0. The Morgan fingerprint density at radius 3 is 3.08 bits per heavy atom. The van der Waals surface area contributed by atoms with E-state index in [1.54, 1.807) is 18.2 Å². The van der Waals surface area contributed by atoms with E-state index in [2.05, 4.69) is 34.2 Å². The first-order chi connectivity index (χ1) is 12.7. The highest BCUT2D eigenvalue weighted by atomic mass is 16.1. The van der Waals surface area contributed by atoms with Crippen LogP contribution in [0.2, 0.25) is 0 Å². The molecule has 0 aromatic carbocycles. The summed E-state index contributed by atoms with van der Waals surface area (Å²) in [6.07, 6.45) is 19.2. The predicted molar refractivity (Wildman–Crippen MR) is 105 cm³/mol. The topological polar surface area (TPSA) is 32.7 Å². The van der Waals surface area contributed by atoms with E-state index in [4.69, 9.17) is 0 Å². The second-order valence-corrected chi connectivity index (χ2v) is 8.52. The van der Waals surface area contributed by atoms with Crippen molar-refractivity contribution in [2.45, 2.75) is 57.9 Å². The van der Waals surface area contributed by atoms with E-state index in [1.165, 1.54) is 37.0 Å². The molecule has 26 heavy (non-hydrogen) atoms. The minimum atomic E-state index is 0.328. The standard InChI is InChI=1S/C23H28N2O/c1-15(26)6-7-16-8-11-19-20-14-24-13-12-22(20)25-21-5-3-2-4-17(21)9-10-18(16)23(19)25/h2,4,9,12-13,16,19-21H,3,5-8,10-11,14H2,1H3/t16?,19-,20-,21?/m1/s1. The van der Waals surface area contributed by atoms with Crippen molar-refractivity contribution in [2.24, 2.45) is 22.7 Å². The van der Waals surface area contributed by atoms with Crippen molar-refractivity contribution in [3.63, 3.8) is 0 Å². The van der Waals surface area contributed by atoms with Crippen molar-refractivity contribution in [3.8, 4) is 0 Å². The van der Waals surface area contributed by atoms with Gasteiger partial charge in [0.25, 0.3) is 0 Å². The van der Waals surface area contributed by atoms with Gasteiger partial charge in [-0.25, -0.2) is 0 Å². The molecule has 2 unspecified atom stereocenters. The molecular weight excluding hydrogens is 320 g/mol. The van der Waals surface area contributed by atoms with Crippen LogP contribution in [0.1, 0.15) is 51.9 Å². The summed E-state index contributed by atoms with van der Waals surface area (Å²) >= 11 is 0. The van der Waals surface area contributed by atoms with Crippen molar-refractivity contribution in [2.75, 3.05) is 6.54 Å². The Morgan fingerprint density at radius 1 is 1.27 bits per heavy atom. The molecule has 136 valence electrons. The number of hydrogen-bond acceptors (Lipinski definition) is 3. The third-order valence-corrected chi connectivity index (χ3v) is 7.07. The number of allylic oxidation sites excluding steroid dienone is 5. The van der Waals surface area contributed by atoms with Gasteiger partial charge in [0.1, 0.15) is 5.78 Å². The number of carbonyl (C=O) groups is 1. The lowest BCUT2D eigenvalue weighted by molar-refractivity contribution is -0.117. The van der Waals surface area contributed by atoms with Gasteiger partial charge in [0.15, 0.2) is 0 Å². The second-order valence-electron chi connectivity index (χ2n) is 8.52. The summed E-state index contributed by atoms with van der Waals surface area (Å²) in [4.78, 5) is 18.9. The fourth-order valence-corrected chi connectivity index (χ4v) is 5.89. The summed E-state index contributed by atoms with van der Waals surface area (Å²) in [6, 6.07) is 0.504. The van der Waals surface area contributed by atoms with Crippen LogP contribution in [0.4, 0.5) is 0 Å². The van der Waals surface area contributed by atoms with Crippen molar-refractivity contribution in [1.29, 1.82) is 0 Å². The number of ketones is 1. The first-order valence-corrected chi connectivity index (χ1v) is 10.3. The first kappa shape index (κ1) is 16.3. The number of aliphatic imine (C=N–C) groups is 1. The van der Waals surface area contributed by atoms with Crippen LogP contribution in [-0.4, -0.2) is 29.5 Å². The number of rotatable bonds is 3. The minimum Gasteiger partial charge on any atom is -0.341 e. The zero-order valence-electron chi connectivity index (χ0n) is 15.7. The molecule has 1 saturated heterocycles. The van der Waals surface area contributed by atoms with E-state index >= 15 is 0 Å². The smallest absolute Gasteiger partial charge is 0.129 e. The summed E-state index contributed by atoms with van der Waals surface area (Å²) < 4.78 is 0. The van der Waals surface area contributed by atoms with Crippen LogP contribution in [0, 0.1) is 17.8 Å². The van der Waals surface area contributed by atoms with E-state index < -0.39 is 0 Å². The van der Waals surface area contributed by atoms with Crippen LogP contribution >= 0.6 is 0 Å². The van der Waals surface area contributed by atoms with Gasteiger partial charge in [-0.05, 0) is 68.6 Å². The van der Waals surface area contributed by atoms with Gasteiger partial charge in [-0.3, -0.25) is 4.99 Å². The zero-order chi connectivity index (χ0) is 17.7. The summed E-state index contributed by atoms with van der Waals surface area (Å²) in [7, 11) is 0. The molecule has 3 aliphatic heterocycles. The van der Waals surface area contributed by atoms with Gasteiger partial charge in [-0.1, -0.05) is 18.2 Å². The molecule has 3 nitrogen and oxygen atoms in total. The Kier molecular flexibility index (Phi) is 3.99. The number of hydrogen-bond donors (Lipinski definition) is 0. The van der Waals surface area contributed by atoms with Crippen LogP contribution in [-0.2, 0) is 4.79 Å². The van der Waals surface area contributed by atoms with Gasteiger partial charge >= 0.3 is 0 Å². The lowest BCUT2D eigenvalue weighted by Gasteiger charge is -2.37. The quantitative estimate of drug-likeness (QED) is 0.747. The molecule has 1 fully saturated rings. The fraction of sp³-hybridized carbons (Fsp3) is 0.565. The number of dihydropyridines is 1. The van der Waals surface area contributed by atoms with Crippen LogP contribution in [0.15, 0.2) is 51.8 Å². The molecular formula is C23H28N2O. The van der Waals surface area contributed by atoms with E-state index in [9.17, 15) is 4.79 Å². The predicted octanol–water partition coefficient (Wildman–Crippen LogP) is 4.58. The SMILES string of the molecule is CC(=O)CCC1CC[C@H]2C3=C1CC=C1C=CCCC1N3C1=CC=NC[C@@H]12. The van der Waals surface area contributed by atoms with E-state index in [1.807, 2.05) is 6.21 Å². The van der Waals surface area contributed by atoms with Crippen molar-refractivity contribution in [1.82, 2.24) is 4.90 Å². The molecule has 5 rings (SSSR count). The molecule has 0 spiro atoms. The molecule has 5 aliphatic rings. The molecule has 0 N–H and O–H groups in total. The molecule has 0 aromatic heterocycles. The summed E-state index contributed by atoms with van der Waals surface area (Å²) in [5.41, 5.74) is 6.27. The van der Waals surface area contributed by atoms with Gasteiger partial charge < -0.3 is 9.69 Å². The Bertz CT molecular complexity index is 782. The Hall–Kier alpha value is -1.90. The number of carbonyl (C=O) groups excluding carboxylic acids is 1. The highest BCUT2D eigenvalue weighted by Gasteiger charge is 2.49. The maximum absolute atomic E-state index is 11.6. The summed E-state index contributed by atoms with van der Waals surface area (Å²) in [6.45, 7) is 2.68. The molecule has 3 heteroatoms. The van der Waals surface area contributed by atoms with Crippen molar-refractivity contribution < 1.29 is 4.79 Å². The highest BCUT2D eigenvalue weighted by Crippen LogP contribution is 2.55. The van der Waals surface area contributed by atoms with Crippen LogP contribution in [0.3, 0.4) is 0 Å². The molecule has 0 bridgehead atoms. The molecule has 0 saturated carbocycles. The van der Waals surface area contributed by atoms with Crippen molar-refractivity contribution in [3.05, 3.63) is 46.8 Å². The summed E-state index contributed by atoms with van der Waals surface area (Å²) in [5.74, 6) is 2.12. The Balaban J connectivity index is 1.61. The minimum absolute atomic E-state index is 0.328. The average Bonchev–Trinajstić information content (AvgIpc) is 2.88. The van der Waals surface area contributed by atoms with Crippen molar-refractivity contribution >= 4 is 12.0 Å². The fourth-order valence-electron chi connectivity index (χ4n) is 5.89. The van der Waals surface area contributed by atoms with E-state index in [0.717, 1.165) is 25.8 Å². The molecule has 0 amide bonds. The van der Waals surface area contributed by atoms with Crippen LogP contribution in [0.5, 0.6) is 0 Å². The zero-order valence-corrected chi connectivity index (χ0v) is 15.7. The second kappa shape index (κ2) is 6.37. The third kappa shape index (κ3) is 2.47. The Labute approximate surface area is 156 Å². The highest BCUT2D eigenvalue weighted by molar-refractivity contribution is 5.75. The van der Waals surface area contributed by atoms with Gasteiger partial charge in [0.05, 0.1) is 6.04 Å². The number of nitrogens with zero attached hydrogens (tertiary/aromatic N) is 2. The van der Waals surface area contributed by atoms with Gasteiger partial charge in [0, 0.05) is 42.4 Å². The number of Topliss-reactive ketones (excluding diaryl/α,β-unsaturated/α-hetero) is 1. The number of fused-ring (bicyclic) bond motifs is 5. The molecule has 0 aromatic rings. The maximum atomic E-state index is 11.6. The lowest BCUT2D eigenvalue weighted by Crippen LogP contribution is -2.34. The Morgan fingerprint density at radius 2 is 2.19 bits per heavy atom. The monoisotopic (exact) mass is 348 g/mol. The first-order valence-electron chi connectivity index (χ1n) is 10.3. The third-order valence-electron chi connectivity index (χ3n) is 7.07. The molecule has 2 aliphatic carbocycles. The largest absolute Gasteiger partial charge is 0.341 e. The lowest BCUT2D eigenvalue weighted by atomic mass is 9.73. The van der Waals surface area contributed by atoms with Gasteiger partial charge in [-0.15, -0.1) is 0 Å². The van der Waals surface area contributed by atoms with Crippen LogP contribution < -0.4 is 0 Å². The molecule has 4 atom stereocenters. The van der Waals surface area contributed by atoms with E-state index in [-0.39, 0.29) is 0 Å². The average molecular weight is 348 g/mol. The molecule has 3 heterocycles. The van der Waals surface area contributed by atoms with Crippen LogP contribution in [0.25, 0.3) is 0 Å². The maximum Gasteiger partial charge on any atom is 0.129 e. The molecule has 0 radical (unpaired) electrons. The van der Waals surface area contributed by atoms with Gasteiger partial charge in [0.2, 0.25) is 0 Å². The van der Waals surface area contributed by atoms with Gasteiger partial charge in [-0.2, -0.15) is 0 Å².